The van der Waals surface area contributed by atoms with E-state index in [0.717, 1.165) is 0 Å². The van der Waals surface area contributed by atoms with Crippen molar-refractivity contribution in [2.75, 3.05) is 0 Å². The molecule has 0 aliphatic heterocycles. The number of carbonyl (C=O) groups excluding carboxylic acids is 1. The van der Waals surface area contributed by atoms with E-state index in [-0.39, 0.29) is 10.7 Å². The smallest absolute Gasteiger partial charge is 0.243 e. The number of rotatable bonds is 1. The molecule has 0 saturated heterocycles. The first-order valence-electron chi connectivity index (χ1n) is 2.78. The highest BCUT2D eigenvalue weighted by atomic mass is 35.5. The number of nitrogens with zero attached hydrogens (tertiary/aromatic N) is 1. The highest BCUT2D eigenvalue weighted by Crippen LogP contribution is 2.10. The van der Waals surface area contributed by atoms with Gasteiger partial charge in [0, 0.05) is 6.20 Å². The third-order valence-corrected chi connectivity index (χ3v) is 1.40. The van der Waals surface area contributed by atoms with E-state index in [9.17, 15) is 10.0 Å². The molecular weight excluding hydrogens is 168 g/mol. The van der Waals surface area contributed by atoms with E-state index in [1.807, 2.05) is 0 Å². The summed E-state index contributed by atoms with van der Waals surface area (Å²) < 4.78 is 0. The van der Waals surface area contributed by atoms with Crippen molar-refractivity contribution in [1.29, 1.82) is 0 Å². The molecule has 1 N–H and O–H groups in total. The van der Waals surface area contributed by atoms with Gasteiger partial charge in [-0.25, -0.2) is 4.98 Å². The second-order valence-corrected chi connectivity index (χ2v) is 2.13. The third kappa shape index (κ3) is 1.66. The average Bonchev–Trinajstić information content (AvgIpc) is 2.04. The van der Waals surface area contributed by atoms with Gasteiger partial charge < -0.3 is 10.7 Å². The highest BCUT2D eigenvalue weighted by molar-refractivity contribution is 6.32. The van der Waals surface area contributed by atoms with Crippen molar-refractivity contribution >= 4 is 17.5 Å². The van der Waals surface area contributed by atoms with Crippen LogP contribution in [0.1, 0.15) is 10.4 Å². The molecule has 0 aliphatic carbocycles. The van der Waals surface area contributed by atoms with E-state index in [1.54, 1.807) is 0 Å². The molecule has 11 heavy (non-hydrogen) atoms. The van der Waals surface area contributed by atoms with Crippen LogP contribution >= 0.6 is 11.6 Å². The Morgan fingerprint density at radius 3 is 3.00 bits per heavy atom. The SMILES string of the molecule is O=C(N[O-])c1cccnc1Cl. The minimum Gasteiger partial charge on any atom is -0.759 e. The molecule has 0 saturated carbocycles. The summed E-state index contributed by atoms with van der Waals surface area (Å²) in [6, 6.07) is 2.94. The van der Waals surface area contributed by atoms with Gasteiger partial charge in [0.25, 0.3) is 0 Å². The fraction of sp³-hybridized carbons (Fsp3) is 0. The standard InChI is InChI=1S/C6H4ClN2O2/c7-5-4(6(10)9-11)2-1-3-8-5/h1-3H,(H-,9,10,11)/q-1. The maximum atomic E-state index is 10.7. The molecule has 0 radical (unpaired) electrons. The zero-order valence-electron chi connectivity index (χ0n) is 5.37. The van der Waals surface area contributed by atoms with Crippen molar-refractivity contribution in [3.05, 3.63) is 34.3 Å². The lowest BCUT2D eigenvalue weighted by atomic mass is 10.3. The summed E-state index contributed by atoms with van der Waals surface area (Å²) in [6.45, 7) is 0. The van der Waals surface area contributed by atoms with Crippen LogP contribution in [0.3, 0.4) is 0 Å². The van der Waals surface area contributed by atoms with Gasteiger partial charge in [-0.15, -0.1) is 0 Å². The van der Waals surface area contributed by atoms with E-state index in [2.05, 4.69) is 4.98 Å². The van der Waals surface area contributed by atoms with Crippen LogP contribution in [0.5, 0.6) is 0 Å². The van der Waals surface area contributed by atoms with Crippen LogP contribution in [-0.2, 0) is 0 Å². The number of carbonyl (C=O) groups is 1. The lowest BCUT2D eigenvalue weighted by Crippen LogP contribution is -2.16. The zero-order valence-corrected chi connectivity index (χ0v) is 6.13. The number of aromatic nitrogens is 1. The summed E-state index contributed by atoms with van der Waals surface area (Å²) in [4.78, 5) is 14.3. The summed E-state index contributed by atoms with van der Waals surface area (Å²) in [7, 11) is 0. The van der Waals surface area contributed by atoms with Crippen LogP contribution in [-0.4, -0.2) is 10.9 Å². The number of halogens is 1. The molecule has 58 valence electrons. The Hall–Kier alpha value is -1.13. The summed E-state index contributed by atoms with van der Waals surface area (Å²) in [5, 5.41) is 9.93. The van der Waals surface area contributed by atoms with E-state index in [4.69, 9.17) is 11.6 Å². The van der Waals surface area contributed by atoms with Gasteiger partial charge in [0.2, 0.25) is 5.91 Å². The number of hydroxylamine groups is 1. The topological polar surface area (TPSA) is 65.0 Å². The fourth-order valence-electron chi connectivity index (χ4n) is 0.610. The molecular formula is C6H4ClN2O2-. The first-order valence-corrected chi connectivity index (χ1v) is 3.16. The Morgan fingerprint density at radius 1 is 1.73 bits per heavy atom. The summed E-state index contributed by atoms with van der Waals surface area (Å²) in [5.41, 5.74) is 1.30. The Labute approximate surface area is 67.8 Å². The zero-order chi connectivity index (χ0) is 8.27. The van der Waals surface area contributed by atoms with Crippen molar-refractivity contribution in [2.24, 2.45) is 0 Å². The predicted octanol–water partition coefficient (Wildman–Crippen LogP) is 0.963. The first-order chi connectivity index (χ1) is 5.25. The van der Waals surface area contributed by atoms with Crippen molar-refractivity contribution in [1.82, 2.24) is 10.5 Å². The molecule has 0 unspecified atom stereocenters. The molecule has 0 bridgehead atoms. The number of hydrogen-bond acceptors (Lipinski definition) is 3. The lowest BCUT2D eigenvalue weighted by Gasteiger charge is -2.06. The molecule has 1 aromatic heterocycles. The average molecular weight is 172 g/mol. The number of nitrogens with one attached hydrogen (secondary N) is 1. The Balaban J connectivity index is 3.03. The van der Waals surface area contributed by atoms with Gasteiger partial charge in [0.15, 0.2) is 0 Å². The van der Waals surface area contributed by atoms with Crippen molar-refractivity contribution in [3.63, 3.8) is 0 Å². The third-order valence-electron chi connectivity index (χ3n) is 1.10. The molecule has 1 amide bonds. The Kier molecular flexibility index (Phi) is 2.40. The maximum absolute atomic E-state index is 10.7. The van der Waals surface area contributed by atoms with Crippen LogP contribution in [0.25, 0.3) is 0 Å². The quantitative estimate of drug-likeness (QED) is 0.506. The van der Waals surface area contributed by atoms with Gasteiger partial charge in [0.1, 0.15) is 5.15 Å². The van der Waals surface area contributed by atoms with Crippen LogP contribution < -0.4 is 5.48 Å². The maximum Gasteiger partial charge on any atom is 0.243 e. The molecule has 1 rings (SSSR count). The van der Waals surface area contributed by atoms with Crippen molar-refractivity contribution < 1.29 is 4.79 Å². The van der Waals surface area contributed by atoms with Crippen LogP contribution in [0, 0.1) is 5.21 Å². The van der Waals surface area contributed by atoms with E-state index < -0.39 is 5.91 Å². The minimum atomic E-state index is -0.775. The lowest BCUT2D eigenvalue weighted by molar-refractivity contribution is 0.0970. The number of hydrogen-bond donors (Lipinski definition) is 1. The second-order valence-electron chi connectivity index (χ2n) is 1.77. The van der Waals surface area contributed by atoms with Crippen LogP contribution in [0.2, 0.25) is 5.15 Å². The van der Waals surface area contributed by atoms with E-state index in [0.29, 0.717) is 0 Å². The summed E-state index contributed by atoms with van der Waals surface area (Å²) in [5.74, 6) is -0.775. The molecule has 4 nitrogen and oxygen atoms in total. The van der Waals surface area contributed by atoms with Crippen LogP contribution in [0.4, 0.5) is 0 Å². The van der Waals surface area contributed by atoms with Crippen LogP contribution in [0.15, 0.2) is 18.3 Å². The molecule has 0 aliphatic rings. The molecule has 0 fully saturated rings. The van der Waals surface area contributed by atoms with Gasteiger partial charge in [-0.1, -0.05) is 11.6 Å². The van der Waals surface area contributed by atoms with Gasteiger partial charge in [-0.2, -0.15) is 0 Å². The van der Waals surface area contributed by atoms with E-state index in [1.165, 1.54) is 23.8 Å². The molecule has 1 aromatic rings. The molecule has 0 atom stereocenters. The minimum absolute atomic E-state index is 0.0286. The van der Waals surface area contributed by atoms with Gasteiger partial charge in [-0.05, 0) is 12.1 Å². The summed E-state index contributed by atoms with van der Waals surface area (Å²) >= 11 is 5.49. The number of amides is 1. The number of pyridine rings is 1. The van der Waals surface area contributed by atoms with Gasteiger partial charge >= 0.3 is 0 Å². The normalized spacial score (nSPS) is 9.27. The highest BCUT2D eigenvalue weighted by Gasteiger charge is 2.05. The van der Waals surface area contributed by atoms with Crippen molar-refractivity contribution in [2.45, 2.75) is 0 Å². The summed E-state index contributed by atoms with van der Waals surface area (Å²) in [6.07, 6.45) is 1.43. The van der Waals surface area contributed by atoms with Gasteiger partial charge in [-0.3, -0.25) is 4.79 Å². The van der Waals surface area contributed by atoms with Gasteiger partial charge in [0.05, 0.1) is 5.56 Å². The van der Waals surface area contributed by atoms with Crippen molar-refractivity contribution in [3.8, 4) is 0 Å². The molecule has 5 heteroatoms. The van der Waals surface area contributed by atoms with E-state index >= 15 is 0 Å². The monoisotopic (exact) mass is 171 g/mol. The first kappa shape index (κ1) is 7.97. The second kappa shape index (κ2) is 3.32. The molecule has 1 heterocycles. The predicted molar refractivity (Wildman–Crippen MR) is 40.1 cm³/mol. The largest absolute Gasteiger partial charge is 0.759 e. The molecule has 0 spiro atoms. The Morgan fingerprint density at radius 2 is 2.45 bits per heavy atom. The Bertz CT molecular complexity index is 277. The molecule has 0 aromatic carbocycles. The fourth-order valence-corrected chi connectivity index (χ4v) is 0.816.